The number of benzene rings is 1. The molecule has 0 saturated carbocycles. The maximum absolute atomic E-state index is 11.6. The van der Waals surface area contributed by atoms with Crippen molar-refractivity contribution in [3.63, 3.8) is 0 Å². The van der Waals surface area contributed by atoms with E-state index in [1.165, 1.54) is 16.1 Å². The zero-order valence-corrected chi connectivity index (χ0v) is 14.9. The largest absolute Gasteiger partial charge is 0.303 e. The van der Waals surface area contributed by atoms with Crippen LogP contribution in [0.25, 0.3) is 0 Å². The molecule has 1 aromatic rings. The highest BCUT2D eigenvalue weighted by Gasteiger charge is 2.26. The zero-order valence-electron chi connectivity index (χ0n) is 13.3. The summed E-state index contributed by atoms with van der Waals surface area (Å²) in [6.07, 6.45) is 5.30. The van der Waals surface area contributed by atoms with E-state index < -0.39 is 10.0 Å². The highest BCUT2D eigenvalue weighted by atomic mass is 35.5. The molecular formula is C16H25ClN2O2S. The molecule has 2 rings (SSSR count). The van der Waals surface area contributed by atoms with E-state index in [2.05, 4.69) is 17.0 Å². The third kappa shape index (κ3) is 5.23. The van der Waals surface area contributed by atoms with Crippen LogP contribution in [0.4, 0.5) is 0 Å². The van der Waals surface area contributed by atoms with E-state index in [-0.39, 0.29) is 6.04 Å². The van der Waals surface area contributed by atoms with Crippen LogP contribution in [0.1, 0.15) is 24.8 Å². The first-order chi connectivity index (χ1) is 10.4. The molecule has 0 aromatic heterocycles. The summed E-state index contributed by atoms with van der Waals surface area (Å²) in [6.45, 7) is 3.02. The fourth-order valence-electron chi connectivity index (χ4n) is 2.94. The lowest BCUT2D eigenvalue weighted by Crippen LogP contribution is -2.45. The van der Waals surface area contributed by atoms with Gasteiger partial charge in [-0.25, -0.2) is 12.7 Å². The molecule has 1 heterocycles. The second kappa shape index (κ2) is 7.77. The maximum Gasteiger partial charge on any atom is 0.211 e. The molecule has 0 N–H and O–H groups in total. The summed E-state index contributed by atoms with van der Waals surface area (Å²) in [6, 6.07) is 8.18. The van der Waals surface area contributed by atoms with Crippen LogP contribution in [-0.4, -0.2) is 56.6 Å². The van der Waals surface area contributed by atoms with Gasteiger partial charge in [-0.1, -0.05) is 23.7 Å². The number of hydrogen-bond acceptors (Lipinski definition) is 3. The standard InChI is InChI=1S/C16H25ClN2O2S/c1-18(22(2,20)21)16-9-12-19(13-10-16)11-3-4-14-5-7-15(17)8-6-14/h5-8,16H,3-4,9-13H2,1-2H3. The van der Waals surface area contributed by atoms with Gasteiger partial charge in [-0.2, -0.15) is 0 Å². The van der Waals surface area contributed by atoms with Gasteiger partial charge in [0.05, 0.1) is 6.26 Å². The van der Waals surface area contributed by atoms with E-state index in [1.54, 1.807) is 7.05 Å². The number of nitrogens with zero attached hydrogens (tertiary/aromatic N) is 2. The second-order valence-electron chi connectivity index (χ2n) is 6.08. The predicted octanol–water partition coefficient (Wildman–Crippen LogP) is 2.63. The monoisotopic (exact) mass is 344 g/mol. The molecule has 0 atom stereocenters. The first-order valence-electron chi connectivity index (χ1n) is 7.76. The van der Waals surface area contributed by atoms with Crippen LogP contribution in [-0.2, 0) is 16.4 Å². The Bertz CT molecular complexity index is 566. The van der Waals surface area contributed by atoms with Crippen molar-refractivity contribution >= 4 is 21.6 Å². The van der Waals surface area contributed by atoms with Gasteiger partial charge in [-0.05, 0) is 63.0 Å². The van der Waals surface area contributed by atoms with Crippen molar-refractivity contribution in [1.29, 1.82) is 0 Å². The normalized spacial score (nSPS) is 18.0. The van der Waals surface area contributed by atoms with Crippen molar-refractivity contribution in [3.8, 4) is 0 Å². The molecule has 0 aliphatic carbocycles. The number of halogens is 1. The fourth-order valence-corrected chi connectivity index (χ4v) is 3.81. The SMILES string of the molecule is CN(C1CCN(CCCc2ccc(Cl)cc2)CC1)S(C)(=O)=O. The fraction of sp³-hybridized carbons (Fsp3) is 0.625. The molecule has 1 aliphatic heterocycles. The Balaban J connectivity index is 1.70. The quantitative estimate of drug-likeness (QED) is 0.796. The molecule has 22 heavy (non-hydrogen) atoms. The summed E-state index contributed by atoms with van der Waals surface area (Å²) >= 11 is 5.88. The van der Waals surface area contributed by atoms with Gasteiger partial charge in [0.2, 0.25) is 10.0 Å². The van der Waals surface area contributed by atoms with Crippen LogP contribution in [0.15, 0.2) is 24.3 Å². The highest BCUT2D eigenvalue weighted by molar-refractivity contribution is 7.88. The zero-order chi connectivity index (χ0) is 16.2. The molecule has 0 radical (unpaired) electrons. The molecule has 6 heteroatoms. The number of likely N-dealkylation sites (tertiary alicyclic amines) is 1. The van der Waals surface area contributed by atoms with Gasteiger partial charge in [-0.15, -0.1) is 0 Å². The van der Waals surface area contributed by atoms with Crippen molar-refractivity contribution in [2.45, 2.75) is 31.7 Å². The van der Waals surface area contributed by atoms with Crippen molar-refractivity contribution in [2.24, 2.45) is 0 Å². The number of piperidine rings is 1. The number of sulfonamides is 1. The van der Waals surface area contributed by atoms with Crippen LogP contribution < -0.4 is 0 Å². The van der Waals surface area contributed by atoms with Gasteiger partial charge in [0.15, 0.2) is 0 Å². The minimum atomic E-state index is -3.07. The van der Waals surface area contributed by atoms with Gasteiger partial charge in [-0.3, -0.25) is 0 Å². The van der Waals surface area contributed by atoms with Crippen molar-refractivity contribution in [1.82, 2.24) is 9.21 Å². The van der Waals surface area contributed by atoms with E-state index in [4.69, 9.17) is 11.6 Å². The molecule has 124 valence electrons. The van der Waals surface area contributed by atoms with Gasteiger partial charge in [0, 0.05) is 18.1 Å². The van der Waals surface area contributed by atoms with Gasteiger partial charge < -0.3 is 4.90 Å². The van der Waals surface area contributed by atoms with Gasteiger partial charge >= 0.3 is 0 Å². The van der Waals surface area contributed by atoms with Crippen LogP contribution >= 0.6 is 11.6 Å². The van der Waals surface area contributed by atoms with E-state index >= 15 is 0 Å². The lowest BCUT2D eigenvalue weighted by molar-refractivity contribution is 0.169. The molecule has 1 fully saturated rings. The molecule has 0 spiro atoms. The topological polar surface area (TPSA) is 40.6 Å². The summed E-state index contributed by atoms with van der Waals surface area (Å²) in [7, 11) is -1.38. The molecular weight excluding hydrogens is 320 g/mol. The first-order valence-corrected chi connectivity index (χ1v) is 9.98. The number of aryl methyl sites for hydroxylation is 1. The Morgan fingerprint density at radius 1 is 1.23 bits per heavy atom. The predicted molar refractivity (Wildman–Crippen MR) is 91.8 cm³/mol. The molecule has 4 nitrogen and oxygen atoms in total. The van der Waals surface area contributed by atoms with Gasteiger partial charge in [0.25, 0.3) is 0 Å². The van der Waals surface area contributed by atoms with E-state index in [9.17, 15) is 8.42 Å². The van der Waals surface area contributed by atoms with Crippen LogP contribution in [0, 0.1) is 0 Å². The Morgan fingerprint density at radius 2 is 1.82 bits per heavy atom. The summed E-state index contributed by atoms with van der Waals surface area (Å²) < 4.78 is 24.7. The van der Waals surface area contributed by atoms with Crippen LogP contribution in [0.2, 0.25) is 5.02 Å². The number of hydrogen-bond donors (Lipinski definition) is 0. The Labute approximate surface area is 139 Å². The lowest BCUT2D eigenvalue weighted by Gasteiger charge is -2.35. The Kier molecular flexibility index (Phi) is 6.26. The molecule has 0 amide bonds. The average molecular weight is 345 g/mol. The Hall–Kier alpha value is -0.620. The van der Waals surface area contributed by atoms with Crippen molar-refractivity contribution < 1.29 is 8.42 Å². The minimum absolute atomic E-state index is 0.155. The van der Waals surface area contributed by atoms with E-state index in [0.29, 0.717) is 0 Å². The van der Waals surface area contributed by atoms with Gasteiger partial charge in [0.1, 0.15) is 0 Å². The van der Waals surface area contributed by atoms with Crippen molar-refractivity contribution in [3.05, 3.63) is 34.9 Å². The van der Waals surface area contributed by atoms with Crippen LogP contribution in [0.3, 0.4) is 0 Å². The smallest absolute Gasteiger partial charge is 0.211 e. The Morgan fingerprint density at radius 3 is 2.36 bits per heavy atom. The molecule has 1 aromatic carbocycles. The van der Waals surface area contributed by atoms with E-state index in [1.807, 2.05) is 12.1 Å². The summed E-state index contributed by atoms with van der Waals surface area (Å²) in [5, 5.41) is 0.779. The summed E-state index contributed by atoms with van der Waals surface area (Å²) in [5.74, 6) is 0. The van der Waals surface area contributed by atoms with Crippen LogP contribution in [0.5, 0.6) is 0 Å². The molecule has 1 saturated heterocycles. The first kappa shape index (κ1) is 17.7. The average Bonchev–Trinajstić information content (AvgIpc) is 2.48. The molecule has 0 unspecified atom stereocenters. The number of rotatable bonds is 6. The maximum atomic E-state index is 11.6. The summed E-state index contributed by atoms with van der Waals surface area (Å²) in [4.78, 5) is 2.43. The third-order valence-electron chi connectivity index (χ3n) is 4.45. The van der Waals surface area contributed by atoms with Crippen molar-refractivity contribution in [2.75, 3.05) is 32.9 Å². The van der Waals surface area contributed by atoms with E-state index in [0.717, 1.165) is 50.3 Å². The summed E-state index contributed by atoms with van der Waals surface area (Å²) in [5.41, 5.74) is 1.32. The minimum Gasteiger partial charge on any atom is -0.303 e. The third-order valence-corrected chi connectivity index (χ3v) is 6.04. The molecule has 1 aliphatic rings. The molecule has 0 bridgehead atoms. The lowest BCUT2D eigenvalue weighted by atomic mass is 10.0. The highest BCUT2D eigenvalue weighted by Crippen LogP contribution is 2.18. The second-order valence-corrected chi connectivity index (χ2v) is 8.56.